The third-order valence-electron chi connectivity index (χ3n) is 9.03. The van der Waals surface area contributed by atoms with Crippen molar-refractivity contribution in [1.29, 1.82) is 0 Å². The van der Waals surface area contributed by atoms with Gasteiger partial charge in [-0.25, -0.2) is 4.79 Å². The number of alkyl halides is 1. The van der Waals surface area contributed by atoms with Gasteiger partial charge in [0.05, 0.1) is 17.5 Å². The zero-order valence-electron chi connectivity index (χ0n) is 27.2. The van der Waals surface area contributed by atoms with Gasteiger partial charge in [0.25, 0.3) is 0 Å². The van der Waals surface area contributed by atoms with Gasteiger partial charge in [-0.2, -0.15) is 0 Å². The molecule has 0 bridgehead atoms. The van der Waals surface area contributed by atoms with Crippen LogP contribution in [-0.2, 0) is 28.6 Å². The fourth-order valence-corrected chi connectivity index (χ4v) is 6.77. The first kappa shape index (κ1) is 41.8. The van der Waals surface area contributed by atoms with Gasteiger partial charge in [-0.15, -0.1) is 0 Å². The minimum Gasteiger partial charge on any atom is -0.479 e. The molecule has 2 aliphatic rings. The maximum atomic E-state index is 13.9. The lowest BCUT2D eigenvalue weighted by atomic mass is 9.62. The van der Waals surface area contributed by atoms with Crippen LogP contribution in [0, 0.1) is 0 Å². The van der Waals surface area contributed by atoms with Gasteiger partial charge in [-0.3, -0.25) is 9.59 Å². The van der Waals surface area contributed by atoms with E-state index in [0.717, 1.165) is 39.0 Å². The van der Waals surface area contributed by atoms with Crippen LogP contribution in [0.4, 0.5) is 0 Å². The molecule has 2 fully saturated rings. The molecular formula is C30H52BrNO15. The first-order chi connectivity index (χ1) is 21.8. The Kier molecular flexibility index (Phi) is 15.2. The van der Waals surface area contributed by atoms with Crippen molar-refractivity contribution in [2.45, 2.75) is 156 Å². The lowest BCUT2D eigenvalue weighted by molar-refractivity contribution is -0.392. The molecule has 1 unspecified atom stereocenters. The molecule has 2 aliphatic heterocycles. The van der Waals surface area contributed by atoms with E-state index in [0.29, 0.717) is 12.8 Å². The highest BCUT2D eigenvalue weighted by atomic mass is 79.9. The van der Waals surface area contributed by atoms with Crippen molar-refractivity contribution in [2.75, 3.05) is 13.2 Å². The normalized spacial score (nSPS) is 36.0. The molecule has 11 atom stereocenters. The summed E-state index contributed by atoms with van der Waals surface area (Å²) in [6.45, 7) is 3.30. The number of ether oxygens (including phenoxy) is 3. The summed E-state index contributed by atoms with van der Waals surface area (Å²) in [5.41, 5.74) is -9.30. The van der Waals surface area contributed by atoms with E-state index >= 15 is 0 Å². The minimum absolute atomic E-state index is 0.0599. The van der Waals surface area contributed by atoms with Crippen LogP contribution in [0.1, 0.15) is 85.5 Å². The highest BCUT2D eigenvalue weighted by Gasteiger charge is 2.75. The Morgan fingerprint density at radius 2 is 1.49 bits per heavy atom. The molecule has 47 heavy (non-hydrogen) atoms. The first-order valence-electron chi connectivity index (χ1n) is 15.9. The lowest BCUT2D eigenvalue weighted by Gasteiger charge is -2.59. The Morgan fingerprint density at radius 1 is 0.936 bits per heavy atom. The Bertz CT molecular complexity index is 1060. The number of halogens is 1. The van der Waals surface area contributed by atoms with Gasteiger partial charge in [-0.1, -0.05) is 74.2 Å². The van der Waals surface area contributed by atoms with Crippen LogP contribution in [0.5, 0.6) is 0 Å². The van der Waals surface area contributed by atoms with E-state index in [9.17, 15) is 60.3 Å². The highest BCUT2D eigenvalue weighted by Crippen LogP contribution is 2.48. The number of Topliss-reactive ketones (excluding diaryl/α,β-unsaturated/α-hetero) is 1. The number of hydrogen-bond acceptors (Lipinski definition) is 14. The van der Waals surface area contributed by atoms with Crippen molar-refractivity contribution < 1.29 is 74.6 Å². The van der Waals surface area contributed by atoms with Gasteiger partial charge in [0, 0.05) is 6.92 Å². The molecule has 10 N–H and O–H groups in total. The fraction of sp³-hybridized carbons (Fsp3) is 0.900. The summed E-state index contributed by atoms with van der Waals surface area (Å²) in [6, 6.07) is 0. The molecule has 17 heteroatoms. The van der Waals surface area contributed by atoms with E-state index in [1.165, 1.54) is 13.8 Å². The molecule has 2 heterocycles. The van der Waals surface area contributed by atoms with Crippen LogP contribution >= 0.6 is 15.9 Å². The maximum Gasteiger partial charge on any atom is 0.332 e. The summed E-state index contributed by atoms with van der Waals surface area (Å²) >= 11 is 3.12. The largest absolute Gasteiger partial charge is 0.479 e. The molecule has 0 aromatic carbocycles. The summed E-state index contributed by atoms with van der Waals surface area (Å²) in [7, 11) is 0. The SMILES string of the molecule is CCCCCCCCCCC(NC(C)=O)(C(=O)O)[C@@]1(O)[C@@H](O)[C@@H](O[C@H]2[C@H](O)[C@@H](O)[C@H](O)O[C@@H]2CO)O[C@@](CO)(C(=O)C(C)(C)Br)[C@H]1O. The number of aliphatic hydroxyl groups excluding tert-OH is 7. The van der Waals surface area contributed by atoms with E-state index in [1.54, 1.807) is 0 Å². The third-order valence-corrected chi connectivity index (χ3v) is 9.39. The molecule has 0 aliphatic carbocycles. The molecule has 2 rings (SSSR count). The molecular weight excluding hydrogens is 694 g/mol. The van der Waals surface area contributed by atoms with Crippen molar-refractivity contribution in [3.05, 3.63) is 0 Å². The number of carbonyl (C=O) groups excluding carboxylic acids is 2. The predicted octanol–water partition coefficient (Wildman–Crippen LogP) is -1.42. The van der Waals surface area contributed by atoms with Crippen LogP contribution in [0.2, 0.25) is 0 Å². The molecule has 16 nitrogen and oxygen atoms in total. The molecule has 274 valence electrons. The number of carboxylic acids is 1. The summed E-state index contributed by atoms with van der Waals surface area (Å²) in [5.74, 6) is -4.02. The average Bonchev–Trinajstić information content (AvgIpc) is 3.00. The van der Waals surface area contributed by atoms with E-state index in [1.807, 2.05) is 0 Å². The summed E-state index contributed by atoms with van der Waals surface area (Å²) in [4.78, 5) is 39.6. The number of nitrogens with one attached hydrogen (secondary N) is 1. The van der Waals surface area contributed by atoms with Gasteiger partial charge in [0.15, 0.2) is 35.1 Å². The van der Waals surface area contributed by atoms with E-state index in [-0.39, 0.29) is 6.42 Å². The van der Waals surface area contributed by atoms with Gasteiger partial charge in [-0.05, 0) is 20.3 Å². The van der Waals surface area contributed by atoms with Crippen molar-refractivity contribution in [2.24, 2.45) is 0 Å². The van der Waals surface area contributed by atoms with E-state index in [4.69, 9.17) is 14.2 Å². The first-order valence-corrected chi connectivity index (χ1v) is 16.7. The van der Waals surface area contributed by atoms with Crippen molar-refractivity contribution in [3.8, 4) is 0 Å². The molecule has 1 amide bonds. The number of unbranched alkanes of at least 4 members (excludes halogenated alkanes) is 7. The second kappa shape index (κ2) is 17.0. The molecule has 0 aromatic heterocycles. The number of amides is 1. The standard InChI is InChI=1S/C30H52BrNO15/c1-5-6-7-8-9-10-11-12-13-29(26(42)43,32-16(2)35)30(44)21(38)23(46-20-17(14-33)45-22(39)19(37)18(20)36)47-28(15-34,25(30)41)24(40)27(3,4)31/h17-23,25,33-34,36-39,41,44H,5-15H2,1-4H3,(H,32,35)(H,42,43)/t17-,18-,19-,20-,21+,22-,23+,25-,28+,29?,30-/m1/s1. The second-order valence-electron chi connectivity index (χ2n) is 13.0. The molecule has 0 spiro atoms. The summed E-state index contributed by atoms with van der Waals surface area (Å²) in [5, 5.41) is 100. The Hall–Kier alpha value is -1.35. The minimum atomic E-state index is -3.45. The number of carbonyl (C=O) groups is 3. The number of carboxylic acid groups (broad SMARTS) is 1. The highest BCUT2D eigenvalue weighted by molar-refractivity contribution is 9.10. The zero-order chi connectivity index (χ0) is 36.0. The van der Waals surface area contributed by atoms with Crippen LogP contribution in [-0.4, -0.2) is 147 Å². The Morgan fingerprint density at radius 3 is 1.96 bits per heavy atom. The van der Waals surface area contributed by atoms with Crippen molar-refractivity contribution in [1.82, 2.24) is 5.32 Å². The number of aliphatic hydroxyl groups is 8. The quantitative estimate of drug-likeness (QED) is 0.0569. The van der Waals surface area contributed by atoms with Gasteiger partial charge in [0.1, 0.15) is 36.6 Å². The number of ketones is 1. The van der Waals surface area contributed by atoms with Gasteiger partial charge in [0.2, 0.25) is 5.91 Å². The van der Waals surface area contributed by atoms with Crippen LogP contribution < -0.4 is 5.32 Å². The third kappa shape index (κ3) is 8.52. The predicted molar refractivity (Wildman–Crippen MR) is 166 cm³/mol. The van der Waals surface area contributed by atoms with Crippen LogP contribution in [0.3, 0.4) is 0 Å². The second-order valence-corrected chi connectivity index (χ2v) is 14.9. The number of hydrogen-bond donors (Lipinski definition) is 10. The Balaban J connectivity index is 2.71. The van der Waals surface area contributed by atoms with Crippen molar-refractivity contribution >= 4 is 33.6 Å². The fourth-order valence-electron chi connectivity index (χ4n) is 6.43. The molecule has 2 saturated heterocycles. The van der Waals surface area contributed by atoms with Crippen LogP contribution in [0.25, 0.3) is 0 Å². The topological polar surface area (TPSA) is 273 Å². The van der Waals surface area contributed by atoms with Crippen molar-refractivity contribution in [3.63, 3.8) is 0 Å². The molecule has 0 saturated carbocycles. The number of rotatable bonds is 18. The summed E-state index contributed by atoms with van der Waals surface area (Å²) < 4.78 is 14.8. The molecule has 0 aromatic rings. The van der Waals surface area contributed by atoms with Gasteiger partial charge < -0.3 is 65.5 Å². The monoisotopic (exact) mass is 745 g/mol. The Labute approximate surface area is 282 Å². The lowest BCUT2D eigenvalue weighted by Crippen LogP contribution is -2.86. The van der Waals surface area contributed by atoms with E-state index < -0.39 is 108 Å². The maximum absolute atomic E-state index is 13.9. The van der Waals surface area contributed by atoms with E-state index in [2.05, 4.69) is 28.2 Å². The number of aliphatic carboxylic acids is 1. The summed E-state index contributed by atoms with van der Waals surface area (Å²) in [6.07, 6.45) is -11.7. The van der Waals surface area contributed by atoms with Gasteiger partial charge >= 0.3 is 5.97 Å². The zero-order valence-corrected chi connectivity index (χ0v) is 28.8. The molecule has 0 radical (unpaired) electrons. The smallest absolute Gasteiger partial charge is 0.332 e. The van der Waals surface area contributed by atoms with Crippen LogP contribution in [0.15, 0.2) is 0 Å². The average molecular weight is 747 g/mol.